The molecule has 0 bridgehead atoms. The zero-order chi connectivity index (χ0) is 14.0. The molecule has 1 saturated heterocycles. The van der Waals surface area contributed by atoms with Gasteiger partial charge >= 0.3 is 0 Å². The summed E-state index contributed by atoms with van der Waals surface area (Å²) in [5, 5.41) is 5.98. The number of thiophene rings is 1. The Morgan fingerprint density at radius 3 is 2.55 bits per heavy atom. The standard InChI is InChI=1S/C16H26N2OS/c1-13-11-14(12-20-13)15(17-2)16(5-3-4-6-16)18-7-9-19-10-8-18/h11-12,15,17H,3-10H2,1-2H3. The quantitative estimate of drug-likeness (QED) is 0.924. The minimum absolute atomic E-state index is 0.298. The first kappa shape index (κ1) is 14.5. The second-order valence-electron chi connectivity index (χ2n) is 6.12. The Morgan fingerprint density at radius 2 is 2.00 bits per heavy atom. The van der Waals surface area contributed by atoms with Crippen LogP contribution in [0, 0.1) is 6.92 Å². The van der Waals surface area contributed by atoms with Crippen molar-refractivity contribution < 1.29 is 4.74 Å². The normalized spacial score (nSPS) is 24.9. The van der Waals surface area contributed by atoms with Gasteiger partial charge in [-0.2, -0.15) is 0 Å². The molecule has 2 fully saturated rings. The van der Waals surface area contributed by atoms with Crippen LogP contribution in [-0.2, 0) is 4.74 Å². The molecule has 2 heterocycles. The molecule has 1 aliphatic heterocycles. The van der Waals surface area contributed by atoms with Crippen molar-refractivity contribution in [3.63, 3.8) is 0 Å². The lowest BCUT2D eigenvalue weighted by molar-refractivity contribution is -0.0353. The van der Waals surface area contributed by atoms with Crippen molar-refractivity contribution in [2.75, 3.05) is 33.4 Å². The molecule has 1 N–H and O–H groups in total. The summed E-state index contributed by atoms with van der Waals surface area (Å²) in [5.74, 6) is 0. The predicted molar refractivity (Wildman–Crippen MR) is 84.4 cm³/mol. The van der Waals surface area contributed by atoms with Crippen LogP contribution in [0.25, 0.3) is 0 Å². The van der Waals surface area contributed by atoms with Gasteiger partial charge in [0.2, 0.25) is 0 Å². The molecular formula is C16H26N2OS. The molecule has 3 rings (SSSR count). The molecule has 20 heavy (non-hydrogen) atoms. The average Bonchev–Trinajstić information content (AvgIpc) is 3.12. The van der Waals surface area contributed by atoms with Crippen LogP contribution >= 0.6 is 11.3 Å². The molecule has 112 valence electrons. The highest BCUT2D eigenvalue weighted by molar-refractivity contribution is 7.10. The van der Waals surface area contributed by atoms with Gasteiger partial charge in [0.05, 0.1) is 19.3 Å². The van der Waals surface area contributed by atoms with E-state index in [-0.39, 0.29) is 0 Å². The maximum atomic E-state index is 5.57. The zero-order valence-corrected chi connectivity index (χ0v) is 13.5. The Bertz CT molecular complexity index is 433. The number of nitrogens with zero attached hydrogens (tertiary/aromatic N) is 1. The van der Waals surface area contributed by atoms with Gasteiger partial charge in [-0.25, -0.2) is 0 Å². The van der Waals surface area contributed by atoms with Crippen LogP contribution in [0.1, 0.15) is 42.2 Å². The van der Waals surface area contributed by atoms with Crippen molar-refractivity contribution in [3.8, 4) is 0 Å². The number of likely N-dealkylation sites (N-methyl/N-ethyl adjacent to an activating group) is 1. The Kier molecular flexibility index (Phi) is 4.46. The molecular weight excluding hydrogens is 268 g/mol. The van der Waals surface area contributed by atoms with Gasteiger partial charge in [0.15, 0.2) is 0 Å². The summed E-state index contributed by atoms with van der Waals surface area (Å²) in [5.41, 5.74) is 1.77. The molecule has 2 aliphatic rings. The van der Waals surface area contributed by atoms with E-state index in [0.717, 1.165) is 26.3 Å². The summed E-state index contributed by atoms with van der Waals surface area (Å²) in [4.78, 5) is 4.12. The molecule has 1 unspecified atom stereocenters. The first-order valence-electron chi connectivity index (χ1n) is 7.81. The second-order valence-corrected chi connectivity index (χ2v) is 7.24. The van der Waals surface area contributed by atoms with Crippen LogP contribution in [0.15, 0.2) is 11.4 Å². The summed E-state index contributed by atoms with van der Waals surface area (Å²) < 4.78 is 5.57. The first-order chi connectivity index (χ1) is 9.76. The van der Waals surface area contributed by atoms with E-state index >= 15 is 0 Å². The van der Waals surface area contributed by atoms with Crippen LogP contribution in [0.3, 0.4) is 0 Å². The lowest BCUT2D eigenvalue weighted by atomic mass is 9.82. The van der Waals surface area contributed by atoms with E-state index in [1.54, 1.807) is 0 Å². The van der Waals surface area contributed by atoms with E-state index in [0.29, 0.717) is 11.6 Å². The third-order valence-corrected chi connectivity index (χ3v) is 5.90. The lowest BCUT2D eigenvalue weighted by Gasteiger charge is -2.48. The van der Waals surface area contributed by atoms with Crippen molar-refractivity contribution in [2.45, 2.75) is 44.2 Å². The molecule has 0 radical (unpaired) electrons. The molecule has 1 atom stereocenters. The third kappa shape index (κ3) is 2.54. The van der Waals surface area contributed by atoms with Crippen molar-refractivity contribution >= 4 is 11.3 Å². The zero-order valence-electron chi connectivity index (χ0n) is 12.7. The van der Waals surface area contributed by atoms with E-state index in [1.165, 1.54) is 36.1 Å². The molecule has 1 saturated carbocycles. The lowest BCUT2D eigenvalue weighted by Crippen LogP contribution is -2.57. The minimum Gasteiger partial charge on any atom is -0.379 e. The fraction of sp³-hybridized carbons (Fsp3) is 0.750. The summed E-state index contributed by atoms with van der Waals surface area (Å²) >= 11 is 1.87. The predicted octanol–water partition coefficient (Wildman–Crippen LogP) is 2.96. The van der Waals surface area contributed by atoms with Gasteiger partial charge in [0.1, 0.15) is 0 Å². The number of nitrogens with one attached hydrogen (secondary N) is 1. The van der Waals surface area contributed by atoms with E-state index in [9.17, 15) is 0 Å². The van der Waals surface area contributed by atoms with Crippen LogP contribution < -0.4 is 5.32 Å². The molecule has 1 aliphatic carbocycles. The molecule has 4 heteroatoms. The molecule has 0 spiro atoms. The molecule has 0 aromatic carbocycles. The van der Waals surface area contributed by atoms with E-state index in [4.69, 9.17) is 4.74 Å². The van der Waals surface area contributed by atoms with Crippen molar-refractivity contribution in [2.24, 2.45) is 0 Å². The van der Waals surface area contributed by atoms with Crippen LogP contribution in [-0.4, -0.2) is 43.8 Å². The smallest absolute Gasteiger partial charge is 0.0594 e. The van der Waals surface area contributed by atoms with Gasteiger partial charge in [-0.05, 0) is 43.8 Å². The van der Waals surface area contributed by atoms with Crippen LogP contribution in [0.2, 0.25) is 0 Å². The number of rotatable bonds is 4. The maximum Gasteiger partial charge on any atom is 0.0594 e. The monoisotopic (exact) mass is 294 g/mol. The second kappa shape index (κ2) is 6.14. The highest BCUT2D eigenvalue weighted by Gasteiger charge is 2.46. The topological polar surface area (TPSA) is 24.5 Å². The van der Waals surface area contributed by atoms with Gasteiger partial charge < -0.3 is 10.1 Å². The third-order valence-electron chi connectivity index (χ3n) is 5.02. The number of morpholine rings is 1. The number of hydrogen-bond donors (Lipinski definition) is 1. The van der Waals surface area contributed by atoms with Crippen LogP contribution in [0.4, 0.5) is 0 Å². The Hall–Kier alpha value is -0.420. The summed E-state index contributed by atoms with van der Waals surface area (Å²) in [6.45, 7) is 6.15. The molecule has 0 amide bonds. The van der Waals surface area contributed by atoms with Gasteiger partial charge in [-0.1, -0.05) is 12.8 Å². The Labute approximate surface area is 126 Å². The SMILES string of the molecule is CNC(c1csc(C)c1)C1(N2CCOCC2)CCCC1. The molecule has 1 aromatic rings. The Balaban J connectivity index is 1.91. The summed E-state index contributed by atoms with van der Waals surface area (Å²) in [7, 11) is 2.12. The van der Waals surface area contributed by atoms with Gasteiger partial charge in [-0.15, -0.1) is 11.3 Å². The van der Waals surface area contributed by atoms with Crippen LogP contribution in [0.5, 0.6) is 0 Å². The highest BCUT2D eigenvalue weighted by Crippen LogP contribution is 2.45. The van der Waals surface area contributed by atoms with E-state index in [2.05, 4.69) is 35.6 Å². The number of ether oxygens (including phenoxy) is 1. The van der Waals surface area contributed by atoms with Gasteiger partial charge in [0.25, 0.3) is 0 Å². The minimum atomic E-state index is 0.298. The summed E-state index contributed by atoms with van der Waals surface area (Å²) in [6.07, 6.45) is 5.35. The van der Waals surface area contributed by atoms with Gasteiger partial charge in [0, 0.05) is 23.5 Å². The van der Waals surface area contributed by atoms with Crippen molar-refractivity contribution in [1.82, 2.24) is 10.2 Å². The first-order valence-corrected chi connectivity index (χ1v) is 8.69. The highest BCUT2D eigenvalue weighted by atomic mass is 32.1. The average molecular weight is 294 g/mol. The maximum absolute atomic E-state index is 5.57. The van der Waals surface area contributed by atoms with Gasteiger partial charge in [-0.3, -0.25) is 4.90 Å². The number of hydrogen-bond acceptors (Lipinski definition) is 4. The fourth-order valence-corrected chi connectivity index (χ4v) is 4.87. The summed E-state index contributed by atoms with van der Waals surface area (Å²) in [6, 6.07) is 2.82. The van der Waals surface area contributed by atoms with Crippen molar-refractivity contribution in [1.29, 1.82) is 0 Å². The number of aryl methyl sites for hydroxylation is 1. The fourth-order valence-electron chi connectivity index (χ4n) is 4.14. The van der Waals surface area contributed by atoms with Crippen molar-refractivity contribution in [3.05, 3.63) is 21.9 Å². The Morgan fingerprint density at radius 1 is 1.30 bits per heavy atom. The molecule has 1 aromatic heterocycles. The molecule has 3 nitrogen and oxygen atoms in total. The largest absolute Gasteiger partial charge is 0.379 e. The van der Waals surface area contributed by atoms with E-state index < -0.39 is 0 Å². The van der Waals surface area contributed by atoms with E-state index in [1.807, 2.05) is 11.3 Å².